The number of aliphatic carboxylic acids is 2. The lowest BCUT2D eigenvalue weighted by Crippen LogP contribution is -2.49. The predicted octanol–water partition coefficient (Wildman–Crippen LogP) is 3.44. The molecule has 198 valence electrons. The molecule has 1 fully saturated rings. The Morgan fingerprint density at radius 2 is 1.32 bits per heavy atom. The monoisotopic (exact) mass is 517 g/mol. The van der Waals surface area contributed by atoms with Crippen molar-refractivity contribution in [3.05, 3.63) is 83.9 Å². The molecule has 1 saturated heterocycles. The van der Waals surface area contributed by atoms with E-state index in [0.29, 0.717) is 6.54 Å². The Labute approximate surface area is 221 Å². The van der Waals surface area contributed by atoms with E-state index in [1.807, 2.05) is 29.2 Å². The van der Waals surface area contributed by atoms with Gasteiger partial charge in [-0.15, -0.1) is 0 Å². The predicted molar refractivity (Wildman–Crippen MR) is 144 cm³/mol. The molecule has 9 nitrogen and oxygen atoms in total. The second kappa shape index (κ2) is 12.2. The molecule has 0 radical (unpaired) electrons. The second-order valence-electron chi connectivity index (χ2n) is 9.06. The van der Waals surface area contributed by atoms with Crippen molar-refractivity contribution in [1.82, 2.24) is 4.90 Å². The van der Waals surface area contributed by atoms with Crippen molar-refractivity contribution in [2.24, 2.45) is 0 Å². The van der Waals surface area contributed by atoms with Gasteiger partial charge in [0.2, 0.25) is 5.91 Å². The van der Waals surface area contributed by atoms with Crippen molar-refractivity contribution in [2.75, 3.05) is 49.6 Å². The number of anilines is 3. The van der Waals surface area contributed by atoms with Crippen LogP contribution in [0.3, 0.4) is 0 Å². The third kappa shape index (κ3) is 6.30. The van der Waals surface area contributed by atoms with Crippen molar-refractivity contribution in [3.63, 3.8) is 0 Å². The molecule has 0 spiro atoms. The fraction of sp³-hybridized carbons (Fsp3) is 0.276. The van der Waals surface area contributed by atoms with Gasteiger partial charge in [-0.2, -0.15) is 0 Å². The summed E-state index contributed by atoms with van der Waals surface area (Å²) in [5.41, 5.74) is 5.69. The molecule has 0 aromatic heterocycles. The average molecular weight is 518 g/mol. The quantitative estimate of drug-likeness (QED) is 0.507. The first-order valence-corrected chi connectivity index (χ1v) is 12.4. The van der Waals surface area contributed by atoms with Crippen LogP contribution in [-0.4, -0.2) is 72.8 Å². The summed E-state index contributed by atoms with van der Waals surface area (Å²) in [5.74, 6) is -2.63. The summed E-state index contributed by atoms with van der Waals surface area (Å²) < 4.78 is 5.37. The molecule has 0 bridgehead atoms. The summed E-state index contributed by atoms with van der Waals surface area (Å²) in [4.78, 5) is 38.4. The van der Waals surface area contributed by atoms with Crippen molar-refractivity contribution in [3.8, 4) is 5.75 Å². The smallest absolute Gasteiger partial charge is 0.414 e. The standard InChI is InChI=1S/C27H29N3O2.C2H2O4/c1-32-24-10-6-9-23(19-24)29-17-15-28(16-18-29)20-27(31)30-25-11-4-2-7-21(25)13-14-22-8-3-5-12-26(22)30;3-1(4)2(5)6/h2-12,19H,13-18,20H2,1H3;(H,3,4)(H,5,6). The maximum absolute atomic E-state index is 13.6. The third-order valence-electron chi connectivity index (χ3n) is 6.71. The highest BCUT2D eigenvalue weighted by Crippen LogP contribution is 2.36. The average Bonchev–Trinajstić information content (AvgIpc) is 3.11. The zero-order chi connectivity index (χ0) is 27.1. The van der Waals surface area contributed by atoms with Crippen LogP contribution in [0, 0.1) is 0 Å². The Morgan fingerprint density at radius 3 is 1.84 bits per heavy atom. The second-order valence-corrected chi connectivity index (χ2v) is 9.06. The van der Waals surface area contributed by atoms with Gasteiger partial charge in [0.25, 0.3) is 0 Å². The highest BCUT2D eigenvalue weighted by atomic mass is 16.5. The SMILES string of the molecule is COc1cccc(N2CCN(CC(=O)N3c4ccccc4CCc4ccccc43)CC2)c1.O=C(O)C(=O)O. The highest BCUT2D eigenvalue weighted by molar-refractivity contribution is 6.27. The molecule has 0 saturated carbocycles. The zero-order valence-electron chi connectivity index (χ0n) is 21.2. The summed E-state index contributed by atoms with van der Waals surface area (Å²) in [5, 5.41) is 14.8. The highest BCUT2D eigenvalue weighted by Gasteiger charge is 2.28. The van der Waals surface area contributed by atoms with E-state index in [9.17, 15) is 4.79 Å². The van der Waals surface area contributed by atoms with Crippen LogP contribution in [0.25, 0.3) is 0 Å². The van der Waals surface area contributed by atoms with Crippen LogP contribution in [0.5, 0.6) is 5.75 Å². The Morgan fingerprint density at radius 1 is 0.763 bits per heavy atom. The van der Waals surface area contributed by atoms with E-state index < -0.39 is 11.9 Å². The third-order valence-corrected chi connectivity index (χ3v) is 6.71. The van der Waals surface area contributed by atoms with Crippen molar-refractivity contribution >= 4 is 34.9 Å². The van der Waals surface area contributed by atoms with Gasteiger partial charge in [-0.25, -0.2) is 9.59 Å². The maximum Gasteiger partial charge on any atom is 0.414 e. The number of amides is 1. The minimum atomic E-state index is -1.82. The number of carboxylic acids is 2. The van der Waals surface area contributed by atoms with Gasteiger partial charge < -0.3 is 19.8 Å². The van der Waals surface area contributed by atoms with Gasteiger partial charge in [-0.3, -0.25) is 14.6 Å². The number of piperazine rings is 1. The minimum Gasteiger partial charge on any atom is -0.497 e. The van der Waals surface area contributed by atoms with E-state index in [1.165, 1.54) is 16.8 Å². The summed E-state index contributed by atoms with van der Waals surface area (Å²) >= 11 is 0. The first kappa shape index (κ1) is 26.7. The van der Waals surface area contributed by atoms with E-state index in [2.05, 4.69) is 58.3 Å². The van der Waals surface area contributed by atoms with Gasteiger partial charge in [-0.1, -0.05) is 42.5 Å². The van der Waals surface area contributed by atoms with Crippen LogP contribution in [0.4, 0.5) is 17.1 Å². The van der Waals surface area contributed by atoms with E-state index in [4.69, 9.17) is 24.5 Å². The molecule has 0 atom stereocenters. The number of hydrogen-bond acceptors (Lipinski definition) is 6. The van der Waals surface area contributed by atoms with Gasteiger partial charge in [0.1, 0.15) is 5.75 Å². The molecule has 2 aliphatic rings. The molecule has 2 N–H and O–H groups in total. The number of carbonyl (C=O) groups excluding carboxylic acids is 1. The lowest BCUT2D eigenvalue weighted by atomic mass is 10.0. The molecule has 38 heavy (non-hydrogen) atoms. The lowest BCUT2D eigenvalue weighted by Gasteiger charge is -2.37. The van der Waals surface area contributed by atoms with Crippen LogP contribution in [0.15, 0.2) is 72.8 Å². The first-order valence-electron chi connectivity index (χ1n) is 12.4. The van der Waals surface area contributed by atoms with Gasteiger partial charge in [0, 0.05) is 37.9 Å². The van der Waals surface area contributed by atoms with Crippen molar-refractivity contribution in [1.29, 1.82) is 0 Å². The maximum atomic E-state index is 13.6. The number of para-hydroxylation sites is 2. The van der Waals surface area contributed by atoms with Crippen LogP contribution >= 0.6 is 0 Å². The fourth-order valence-electron chi connectivity index (χ4n) is 4.78. The number of rotatable bonds is 4. The number of ether oxygens (including phenoxy) is 1. The molecule has 2 heterocycles. The van der Waals surface area contributed by atoms with E-state index >= 15 is 0 Å². The van der Waals surface area contributed by atoms with E-state index in [1.54, 1.807) is 7.11 Å². The van der Waals surface area contributed by atoms with Gasteiger partial charge in [0.15, 0.2) is 0 Å². The molecular formula is C29H31N3O6. The number of hydrogen-bond donors (Lipinski definition) is 2. The summed E-state index contributed by atoms with van der Waals surface area (Å²) in [7, 11) is 1.70. The number of nitrogens with zero attached hydrogens (tertiary/aromatic N) is 3. The van der Waals surface area contributed by atoms with Crippen molar-refractivity contribution in [2.45, 2.75) is 12.8 Å². The Bertz CT molecular complexity index is 1240. The first-order chi connectivity index (χ1) is 18.4. The summed E-state index contributed by atoms with van der Waals surface area (Å²) in [6.45, 7) is 3.94. The molecule has 1 amide bonds. The molecule has 0 unspecified atom stereocenters. The number of fused-ring (bicyclic) bond motifs is 2. The van der Waals surface area contributed by atoms with Crippen LogP contribution in [-0.2, 0) is 27.2 Å². The normalized spacial score (nSPS) is 14.8. The number of aryl methyl sites for hydroxylation is 2. The molecule has 3 aromatic rings. The summed E-state index contributed by atoms with van der Waals surface area (Å²) in [6.07, 6.45) is 1.91. The molecule has 5 rings (SSSR count). The number of benzene rings is 3. The van der Waals surface area contributed by atoms with E-state index in [-0.39, 0.29) is 5.91 Å². The Hall–Kier alpha value is -4.37. The van der Waals surface area contributed by atoms with Gasteiger partial charge in [0.05, 0.1) is 25.0 Å². The van der Waals surface area contributed by atoms with Crippen LogP contribution < -0.4 is 14.5 Å². The Balaban J connectivity index is 0.000000505. The molecule has 3 aromatic carbocycles. The topological polar surface area (TPSA) is 111 Å². The van der Waals surface area contributed by atoms with Gasteiger partial charge >= 0.3 is 11.9 Å². The van der Waals surface area contributed by atoms with Crippen LogP contribution in [0.2, 0.25) is 0 Å². The summed E-state index contributed by atoms with van der Waals surface area (Å²) in [6, 6.07) is 24.8. The number of carbonyl (C=O) groups is 3. The van der Waals surface area contributed by atoms with E-state index in [0.717, 1.165) is 56.1 Å². The number of methoxy groups -OCH3 is 1. The zero-order valence-corrected chi connectivity index (χ0v) is 21.2. The van der Waals surface area contributed by atoms with Crippen LogP contribution in [0.1, 0.15) is 11.1 Å². The van der Waals surface area contributed by atoms with Gasteiger partial charge in [-0.05, 0) is 48.2 Å². The Kier molecular flexibility index (Phi) is 8.60. The largest absolute Gasteiger partial charge is 0.497 e. The molecular weight excluding hydrogens is 486 g/mol. The number of carboxylic acid groups (broad SMARTS) is 2. The fourth-order valence-corrected chi connectivity index (χ4v) is 4.78. The molecule has 0 aliphatic carbocycles. The molecule has 9 heteroatoms. The minimum absolute atomic E-state index is 0.140. The van der Waals surface area contributed by atoms with Crippen molar-refractivity contribution < 1.29 is 29.3 Å². The molecule has 2 aliphatic heterocycles. The lowest BCUT2D eigenvalue weighted by molar-refractivity contribution is -0.159.